The van der Waals surface area contributed by atoms with E-state index in [2.05, 4.69) is 15.0 Å². The van der Waals surface area contributed by atoms with E-state index in [1.165, 1.54) is 11.4 Å². The number of hydrogen-bond acceptors (Lipinski definition) is 8. The molecule has 5 aromatic rings. The molecule has 0 radical (unpaired) electrons. The number of nitrogens with zero attached hydrogens (tertiary/aromatic N) is 3. The van der Waals surface area contributed by atoms with E-state index in [0.29, 0.717) is 24.3 Å². The first kappa shape index (κ1) is 32.4. The van der Waals surface area contributed by atoms with E-state index >= 15 is 0 Å². The van der Waals surface area contributed by atoms with Gasteiger partial charge in [-0.25, -0.2) is 18.0 Å². The number of hydrogen-bond donors (Lipinski definition) is 1. The van der Waals surface area contributed by atoms with Crippen LogP contribution in [0.15, 0.2) is 102 Å². The monoisotopic (exact) mass is 648 g/mol. The fourth-order valence-electron chi connectivity index (χ4n) is 4.91. The standard InChI is InChI=1S/C33H37N4O6PS/c1-24(2)21-27(23-41-44(38,42-28-11-7-5-8-12-28)43-29-13-9-6-10-14-29)37(4)45(39,40)30-17-15-26(16-18-30)22-32-33-31(19-20-34-32)35-25(3)36-33/h5-20,24,27H,21-23H2,1-4H3,(H,35,36)/t27-/m0/s1. The van der Waals surface area contributed by atoms with Gasteiger partial charge < -0.3 is 14.0 Å². The largest absolute Gasteiger partial charge is 0.587 e. The number of para-hydroxylation sites is 2. The van der Waals surface area contributed by atoms with Gasteiger partial charge in [0.1, 0.15) is 22.8 Å². The van der Waals surface area contributed by atoms with Crippen molar-refractivity contribution in [2.24, 2.45) is 5.92 Å². The molecule has 0 aliphatic heterocycles. The van der Waals surface area contributed by atoms with Crippen LogP contribution in [-0.4, -0.2) is 47.4 Å². The molecule has 0 unspecified atom stereocenters. The number of nitrogens with one attached hydrogen (secondary N) is 1. The Bertz CT molecular complexity index is 1820. The summed E-state index contributed by atoms with van der Waals surface area (Å²) >= 11 is 0. The molecule has 5 rings (SSSR count). The molecule has 1 atom stereocenters. The Labute approximate surface area is 264 Å². The van der Waals surface area contributed by atoms with Gasteiger partial charge in [0.05, 0.1) is 22.7 Å². The lowest BCUT2D eigenvalue weighted by atomic mass is 10.1. The number of pyridine rings is 1. The molecule has 2 aromatic heterocycles. The zero-order valence-electron chi connectivity index (χ0n) is 25.7. The number of H-pyrrole nitrogens is 1. The lowest BCUT2D eigenvalue weighted by Crippen LogP contribution is -2.41. The summed E-state index contributed by atoms with van der Waals surface area (Å²) in [5.41, 5.74) is 3.41. The van der Waals surface area contributed by atoms with E-state index in [1.807, 2.05) is 26.8 Å². The molecule has 0 fully saturated rings. The van der Waals surface area contributed by atoms with Crippen LogP contribution in [-0.2, 0) is 25.5 Å². The van der Waals surface area contributed by atoms with Crippen LogP contribution in [0.3, 0.4) is 0 Å². The van der Waals surface area contributed by atoms with Crippen LogP contribution in [0, 0.1) is 12.8 Å². The van der Waals surface area contributed by atoms with E-state index in [4.69, 9.17) is 13.6 Å². The van der Waals surface area contributed by atoms with Gasteiger partial charge in [-0.2, -0.15) is 4.31 Å². The molecule has 2 heterocycles. The van der Waals surface area contributed by atoms with Crippen molar-refractivity contribution in [3.05, 3.63) is 114 Å². The van der Waals surface area contributed by atoms with Gasteiger partial charge in [-0.05, 0) is 67.3 Å². The van der Waals surface area contributed by atoms with Crippen LogP contribution in [0.5, 0.6) is 11.5 Å². The van der Waals surface area contributed by atoms with Gasteiger partial charge in [-0.3, -0.25) is 9.51 Å². The summed E-state index contributed by atoms with van der Waals surface area (Å²) in [7, 11) is -6.65. The maximum absolute atomic E-state index is 13.9. The summed E-state index contributed by atoms with van der Waals surface area (Å²) < 4.78 is 60.2. The number of phosphoric ester groups is 1. The molecular formula is C33H37N4O6PS. The minimum atomic E-state index is -4.22. The summed E-state index contributed by atoms with van der Waals surface area (Å²) in [5.74, 6) is 1.52. The number of fused-ring (bicyclic) bond motifs is 1. The SMILES string of the molecule is Cc1nc2c(Cc3ccc(S(=O)(=O)N(C)[C@H](COP(=O)(Oc4ccccc4)Oc4ccccc4)CC(C)C)cc3)nccc2[nH]1. The van der Waals surface area contributed by atoms with Crippen molar-refractivity contribution >= 4 is 28.9 Å². The van der Waals surface area contributed by atoms with Crippen molar-refractivity contribution in [2.45, 2.75) is 44.6 Å². The maximum Gasteiger partial charge on any atom is 0.587 e. The van der Waals surface area contributed by atoms with Crippen LogP contribution in [0.2, 0.25) is 0 Å². The van der Waals surface area contributed by atoms with E-state index in [0.717, 1.165) is 28.1 Å². The molecule has 12 heteroatoms. The second-order valence-corrected chi connectivity index (χ2v) is 14.7. The first-order chi connectivity index (χ1) is 21.5. The zero-order valence-corrected chi connectivity index (χ0v) is 27.4. The van der Waals surface area contributed by atoms with Crippen molar-refractivity contribution < 1.29 is 26.6 Å². The number of benzene rings is 3. The van der Waals surface area contributed by atoms with Gasteiger partial charge >= 0.3 is 7.82 Å². The van der Waals surface area contributed by atoms with Gasteiger partial charge in [0.15, 0.2) is 0 Å². The van der Waals surface area contributed by atoms with Crippen molar-refractivity contribution in [1.29, 1.82) is 0 Å². The topological polar surface area (TPSA) is 124 Å². The number of rotatable bonds is 14. The second kappa shape index (κ2) is 14.0. The molecule has 0 aliphatic carbocycles. The molecule has 0 bridgehead atoms. The molecule has 1 N–H and O–H groups in total. The zero-order chi connectivity index (χ0) is 32.0. The predicted molar refractivity (Wildman–Crippen MR) is 174 cm³/mol. The van der Waals surface area contributed by atoms with Crippen molar-refractivity contribution in [3.8, 4) is 11.5 Å². The lowest BCUT2D eigenvalue weighted by molar-refractivity contribution is 0.155. The third-order valence-corrected chi connectivity index (χ3v) is 10.4. The predicted octanol–water partition coefficient (Wildman–Crippen LogP) is 7.18. The van der Waals surface area contributed by atoms with Gasteiger partial charge in [-0.15, -0.1) is 0 Å². The summed E-state index contributed by atoms with van der Waals surface area (Å²) in [6.45, 7) is 5.64. The summed E-state index contributed by atoms with van der Waals surface area (Å²) in [5, 5.41) is 0. The summed E-state index contributed by atoms with van der Waals surface area (Å²) in [6, 6.07) is 25.1. The van der Waals surface area contributed by atoms with Crippen LogP contribution in [0.25, 0.3) is 11.0 Å². The normalized spacial score (nSPS) is 12.9. The molecule has 3 aromatic carbocycles. The number of sulfonamides is 1. The van der Waals surface area contributed by atoms with Gasteiger partial charge in [-0.1, -0.05) is 62.4 Å². The Hall–Kier alpha value is -4.02. The number of likely N-dealkylation sites (N-methyl/N-ethyl adjacent to an activating group) is 1. The average Bonchev–Trinajstić information content (AvgIpc) is 3.41. The minimum absolute atomic E-state index is 0.115. The molecule has 0 saturated heterocycles. The Morgan fingerprint density at radius 2 is 1.49 bits per heavy atom. The first-order valence-corrected chi connectivity index (χ1v) is 17.5. The molecule has 10 nitrogen and oxygen atoms in total. The smallest absolute Gasteiger partial charge is 0.395 e. The number of aromatic amines is 1. The second-order valence-electron chi connectivity index (χ2n) is 11.2. The number of imidazole rings is 1. The number of aromatic nitrogens is 3. The van der Waals surface area contributed by atoms with Crippen LogP contribution >= 0.6 is 7.82 Å². The van der Waals surface area contributed by atoms with Crippen molar-refractivity contribution in [3.63, 3.8) is 0 Å². The summed E-state index contributed by atoms with van der Waals surface area (Å²) in [6.07, 6.45) is 2.68. The number of aryl methyl sites for hydroxylation is 1. The summed E-state index contributed by atoms with van der Waals surface area (Å²) in [4.78, 5) is 12.4. The fraction of sp³-hybridized carbons (Fsp3) is 0.273. The third kappa shape index (κ3) is 8.18. The van der Waals surface area contributed by atoms with Gasteiger partial charge in [0.2, 0.25) is 10.0 Å². The first-order valence-electron chi connectivity index (χ1n) is 14.6. The van der Waals surface area contributed by atoms with Crippen LogP contribution in [0.1, 0.15) is 37.4 Å². The molecule has 0 saturated carbocycles. The quantitative estimate of drug-likeness (QED) is 0.126. The third-order valence-electron chi connectivity index (χ3n) is 7.17. The van der Waals surface area contributed by atoms with E-state index in [1.54, 1.807) is 91.1 Å². The van der Waals surface area contributed by atoms with Crippen molar-refractivity contribution in [1.82, 2.24) is 19.3 Å². The highest BCUT2D eigenvalue weighted by Crippen LogP contribution is 2.50. The van der Waals surface area contributed by atoms with E-state index in [9.17, 15) is 13.0 Å². The highest BCUT2D eigenvalue weighted by atomic mass is 32.2. The Balaban J connectivity index is 1.34. The van der Waals surface area contributed by atoms with E-state index < -0.39 is 23.9 Å². The Morgan fingerprint density at radius 1 is 0.889 bits per heavy atom. The fourth-order valence-corrected chi connectivity index (χ4v) is 7.52. The van der Waals surface area contributed by atoms with Gasteiger partial charge in [0, 0.05) is 25.7 Å². The molecule has 0 amide bonds. The Kier molecular flexibility index (Phi) is 10.0. The average molecular weight is 649 g/mol. The van der Waals surface area contributed by atoms with Crippen molar-refractivity contribution in [2.75, 3.05) is 13.7 Å². The van der Waals surface area contributed by atoms with Gasteiger partial charge in [0.25, 0.3) is 0 Å². The Morgan fingerprint density at radius 3 is 2.07 bits per heavy atom. The number of phosphoric acid groups is 1. The molecule has 0 spiro atoms. The van der Waals surface area contributed by atoms with Crippen LogP contribution in [0.4, 0.5) is 0 Å². The van der Waals surface area contributed by atoms with E-state index in [-0.39, 0.29) is 17.4 Å². The molecule has 45 heavy (non-hydrogen) atoms. The maximum atomic E-state index is 13.9. The highest BCUT2D eigenvalue weighted by molar-refractivity contribution is 7.89. The van der Waals surface area contributed by atoms with Crippen LogP contribution < -0.4 is 9.05 Å². The molecular weight excluding hydrogens is 611 g/mol. The lowest BCUT2D eigenvalue weighted by Gasteiger charge is -2.30. The minimum Gasteiger partial charge on any atom is -0.395 e. The molecule has 0 aliphatic rings. The molecule has 236 valence electrons. The highest BCUT2D eigenvalue weighted by Gasteiger charge is 2.36.